The summed E-state index contributed by atoms with van der Waals surface area (Å²) in [7, 11) is 1.86. The van der Waals surface area contributed by atoms with Crippen LogP contribution >= 0.6 is 0 Å². The van der Waals surface area contributed by atoms with Crippen molar-refractivity contribution in [2.45, 2.75) is 31.7 Å². The molecule has 0 heterocycles. The summed E-state index contributed by atoms with van der Waals surface area (Å²) in [6.07, 6.45) is 2.56. The third-order valence-electron chi connectivity index (χ3n) is 3.39. The van der Waals surface area contributed by atoms with Crippen LogP contribution in [0.1, 0.15) is 26.2 Å². The van der Waals surface area contributed by atoms with Crippen molar-refractivity contribution in [1.29, 1.82) is 0 Å². The highest BCUT2D eigenvalue weighted by Gasteiger charge is 2.24. The lowest BCUT2D eigenvalue weighted by atomic mass is 9.92. The fraction of sp³-hybridized carbons (Fsp3) is 0.571. The van der Waals surface area contributed by atoms with Gasteiger partial charge in [-0.3, -0.25) is 0 Å². The SMILES string of the molecule is CCC(CO)(CCCOc1ccc(F)cc1)NC. The summed E-state index contributed by atoms with van der Waals surface area (Å²) >= 11 is 0. The third kappa shape index (κ3) is 4.27. The first-order chi connectivity index (χ1) is 8.65. The van der Waals surface area contributed by atoms with Crippen LogP contribution in [0.3, 0.4) is 0 Å². The van der Waals surface area contributed by atoms with Crippen LogP contribution in [0.25, 0.3) is 0 Å². The van der Waals surface area contributed by atoms with Gasteiger partial charge in [0.1, 0.15) is 11.6 Å². The lowest BCUT2D eigenvalue weighted by molar-refractivity contribution is 0.145. The van der Waals surface area contributed by atoms with Gasteiger partial charge in [-0.05, 0) is 50.6 Å². The second-order valence-corrected chi connectivity index (χ2v) is 4.45. The molecule has 1 rings (SSSR count). The molecule has 0 spiro atoms. The number of hydrogen-bond acceptors (Lipinski definition) is 3. The summed E-state index contributed by atoms with van der Waals surface area (Å²) in [5.74, 6) is 0.412. The number of aliphatic hydroxyl groups excluding tert-OH is 1. The lowest BCUT2D eigenvalue weighted by Gasteiger charge is -2.30. The van der Waals surface area contributed by atoms with Crippen molar-refractivity contribution >= 4 is 0 Å². The monoisotopic (exact) mass is 255 g/mol. The summed E-state index contributed by atoms with van der Waals surface area (Å²) in [6.45, 7) is 2.74. The molecular formula is C14H22FNO2. The minimum absolute atomic E-state index is 0.122. The maximum absolute atomic E-state index is 12.7. The van der Waals surface area contributed by atoms with E-state index in [2.05, 4.69) is 5.32 Å². The number of likely N-dealkylation sites (N-methyl/N-ethyl adjacent to an activating group) is 1. The lowest BCUT2D eigenvalue weighted by Crippen LogP contribution is -2.46. The summed E-state index contributed by atoms with van der Waals surface area (Å²) < 4.78 is 18.2. The normalized spacial score (nSPS) is 14.2. The van der Waals surface area contributed by atoms with Crippen molar-refractivity contribution in [3.63, 3.8) is 0 Å². The molecule has 2 N–H and O–H groups in total. The minimum atomic E-state index is -0.261. The first-order valence-corrected chi connectivity index (χ1v) is 6.34. The Morgan fingerprint density at radius 2 is 2.00 bits per heavy atom. The van der Waals surface area contributed by atoms with Crippen molar-refractivity contribution in [1.82, 2.24) is 5.32 Å². The molecular weight excluding hydrogens is 233 g/mol. The van der Waals surface area contributed by atoms with Gasteiger partial charge >= 0.3 is 0 Å². The summed E-state index contributed by atoms with van der Waals surface area (Å²) in [5.41, 5.74) is -0.216. The van der Waals surface area contributed by atoms with Crippen molar-refractivity contribution < 1.29 is 14.2 Å². The van der Waals surface area contributed by atoms with Crippen LogP contribution in [0.2, 0.25) is 0 Å². The molecule has 0 saturated carbocycles. The van der Waals surface area contributed by atoms with Crippen LogP contribution in [0.4, 0.5) is 4.39 Å². The van der Waals surface area contributed by atoms with Gasteiger partial charge in [0.05, 0.1) is 13.2 Å². The summed E-state index contributed by atoms with van der Waals surface area (Å²) in [5, 5.41) is 12.5. The second-order valence-electron chi connectivity index (χ2n) is 4.45. The van der Waals surface area contributed by atoms with E-state index in [1.54, 1.807) is 12.1 Å². The van der Waals surface area contributed by atoms with Crippen LogP contribution in [-0.4, -0.2) is 30.9 Å². The van der Waals surface area contributed by atoms with Crippen LogP contribution in [0.15, 0.2) is 24.3 Å². The zero-order chi connectivity index (χ0) is 13.4. The molecule has 0 amide bonds. The van der Waals surface area contributed by atoms with E-state index >= 15 is 0 Å². The van der Waals surface area contributed by atoms with Gasteiger partial charge in [-0.2, -0.15) is 0 Å². The van der Waals surface area contributed by atoms with Crippen LogP contribution in [0, 0.1) is 5.82 Å². The second kappa shape index (κ2) is 7.34. The third-order valence-corrected chi connectivity index (χ3v) is 3.39. The van der Waals surface area contributed by atoms with Crippen molar-refractivity contribution in [3.8, 4) is 5.75 Å². The molecule has 0 aliphatic rings. The fourth-order valence-corrected chi connectivity index (χ4v) is 1.88. The molecule has 0 aliphatic carbocycles. The quantitative estimate of drug-likeness (QED) is 0.701. The van der Waals surface area contributed by atoms with Gasteiger partial charge in [-0.1, -0.05) is 6.92 Å². The highest BCUT2D eigenvalue weighted by atomic mass is 19.1. The topological polar surface area (TPSA) is 41.5 Å². The van der Waals surface area contributed by atoms with Gasteiger partial charge in [0.2, 0.25) is 0 Å². The smallest absolute Gasteiger partial charge is 0.123 e. The molecule has 1 aromatic rings. The Bertz CT molecular complexity index is 328. The van der Waals surface area contributed by atoms with Gasteiger partial charge in [-0.15, -0.1) is 0 Å². The van der Waals surface area contributed by atoms with E-state index < -0.39 is 0 Å². The molecule has 18 heavy (non-hydrogen) atoms. The number of nitrogens with one attached hydrogen (secondary N) is 1. The molecule has 0 aliphatic heterocycles. The first-order valence-electron chi connectivity index (χ1n) is 6.34. The predicted molar refractivity (Wildman–Crippen MR) is 70.3 cm³/mol. The van der Waals surface area contributed by atoms with Gasteiger partial charge in [0.15, 0.2) is 0 Å². The molecule has 1 atom stereocenters. The van der Waals surface area contributed by atoms with Crippen molar-refractivity contribution in [3.05, 3.63) is 30.1 Å². The van der Waals surface area contributed by atoms with Crippen LogP contribution < -0.4 is 10.1 Å². The van der Waals surface area contributed by atoms with E-state index in [9.17, 15) is 9.50 Å². The van der Waals surface area contributed by atoms with E-state index in [0.29, 0.717) is 12.4 Å². The zero-order valence-corrected chi connectivity index (χ0v) is 11.1. The molecule has 1 aromatic carbocycles. The summed E-state index contributed by atoms with van der Waals surface area (Å²) in [4.78, 5) is 0. The molecule has 1 unspecified atom stereocenters. The number of hydrogen-bond donors (Lipinski definition) is 2. The van der Waals surface area contributed by atoms with E-state index in [0.717, 1.165) is 19.3 Å². The maximum Gasteiger partial charge on any atom is 0.123 e. The number of ether oxygens (including phenoxy) is 1. The van der Waals surface area contributed by atoms with Gasteiger partial charge in [0.25, 0.3) is 0 Å². The first kappa shape index (κ1) is 14.9. The number of aliphatic hydroxyl groups is 1. The fourth-order valence-electron chi connectivity index (χ4n) is 1.88. The van der Waals surface area contributed by atoms with Crippen molar-refractivity contribution in [2.75, 3.05) is 20.3 Å². The van der Waals surface area contributed by atoms with E-state index in [4.69, 9.17) is 4.74 Å². The molecule has 4 heteroatoms. The molecule has 0 fully saturated rings. The van der Waals surface area contributed by atoms with Crippen LogP contribution in [0.5, 0.6) is 5.75 Å². The Kier molecular flexibility index (Phi) is 6.09. The molecule has 0 bridgehead atoms. The predicted octanol–water partition coefficient (Wildman–Crippen LogP) is 2.35. The Morgan fingerprint density at radius 1 is 1.33 bits per heavy atom. The highest BCUT2D eigenvalue weighted by Crippen LogP contribution is 2.17. The van der Waals surface area contributed by atoms with Gasteiger partial charge in [-0.25, -0.2) is 4.39 Å². The van der Waals surface area contributed by atoms with Crippen molar-refractivity contribution in [2.24, 2.45) is 0 Å². The number of rotatable bonds is 8. The number of halogens is 1. The largest absolute Gasteiger partial charge is 0.494 e. The van der Waals surface area contributed by atoms with E-state index in [-0.39, 0.29) is 18.0 Å². The summed E-state index contributed by atoms with van der Waals surface area (Å²) in [6, 6.07) is 6.00. The Balaban J connectivity index is 2.31. The Morgan fingerprint density at radius 3 is 2.50 bits per heavy atom. The average molecular weight is 255 g/mol. The van der Waals surface area contributed by atoms with Crippen LogP contribution in [-0.2, 0) is 0 Å². The number of benzene rings is 1. The minimum Gasteiger partial charge on any atom is -0.494 e. The average Bonchev–Trinajstić information content (AvgIpc) is 2.42. The highest BCUT2D eigenvalue weighted by molar-refractivity contribution is 5.21. The molecule has 3 nitrogen and oxygen atoms in total. The van der Waals surface area contributed by atoms with E-state index in [1.807, 2.05) is 14.0 Å². The zero-order valence-electron chi connectivity index (χ0n) is 11.1. The maximum atomic E-state index is 12.7. The Labute approximate surface area is 108 Å². The molecule has 0 aromatic heterocycles. The molecule has 102 valence electrons. The van der Waals surface area contributed by atoms with E-state index in [1.165, 1.54) is 12.1 Å². The molecule has 0 saturated heterocycles. The Hall–Kier alpha value is -1.13. The van der Waals surface area contributed by atoms with Gasteiger partial charge < -0.3 is 15.2 Å². The van der Waals surface area contributed by atoms with Gasteiger partial charge in [0, 0.05) is 5.54 Å². The molecule has 0 radical (unpaired) electrons. The standard InChI is InChI=1S/C14H22FNO2/c1-3-14(11-17,16-2)9-4-10-18-13-7-5-12(15)6-8-13/h5-8,16-17H,3-4,9-11H2,1-2H3.